The molecule has 0 aliphatic carbocycles. The van der Waals surface area contributed by atoms with Crippen LogP contribution in [0.3, 0.4) is 0 Å². The van der Waals surface area contributed by atoms with Gasteiger partial charge in [-0.1, -0.05) is 29.8 Å². The van der Waals surface area contributed by atoms with Gasteiger partial charge in [0.25, 0.3) is 5.56 Å². The van der Waals surface area contributed by atoms with Crippen LogP contribution in [0.25, 0.3) is 11.2 Å². The van der Waals surface area contributed by atoms with Crippen LogP contribution >= 0.6 is 11.6 Å². The fourth-order valence-electron chi connectivity index (χ4n) is 3.50. The molecule has 8 nitrogen and oxygen atoms in total. The van der Waals surface area contributed by atoms with Crippen molar-refractivity contribution in [2.75, 3.05) is 38.1 Å². The van der Waals surface area contributed by atoms with E-state index in [2.05, 4.69) is 21.9 Å². The highest BCUT2D eigenvalue weighted by molar-refractivity contribution is 6.31. The second-order valence-electron chi connectivity index (χ2n) is 7.02. The lowest BCUT2D eigenvalue weighted by atomic mass is 10.2. The Labute approximate surface area is 160 Å². The first kappa shape index (κ1) is 17.8. The van der Waals surface area contributed by atoms with Gasteiger partial charge in [-0.3, -0.25) is 18.9 Å². The van der Waals surface area contributed by atoms with Gasteiger partial charge >= 0.3 is 5.69 Å². The van der Waals surface area contributed by atoms with E-state index in [9.17, 15) is 9.59 Å². The number of quaternary nitrogens is 1. The molecule has 0 radical (unpaired) electrons. The number of fused-ring (bicyclic) bond motifs is 1. The molecule has 2 aromatic heterocycles. The number of hydrogen-bond acceptors (Lipinski definition) is 4. The number of hydrogen-bond donors (Lipinski definition) is 2. The second-order valence-corrected chi connectivity index (χ2v) is 7.43. The largest absolute Gasteiger partial charge is 0.334 e. The molecule has 3 heterocycles. The number of aromatic amines is 1. The molecule has 0 unspecified atom stereocenters. The van der Waals surface area contributed by atoms with Gasteiger partial charge in [-0.2, -0.15) is 4.98 Å². The van der Waals surface area contributed by atoms with E-state index in [4.69, 9.17) is 11.6 Å². The maximum atomic E-state index is 12.6. The molecule has 4 rings (SSSR count). The third-order valence-corrected chi connectivity index (χ3v) is 5.54. The van der Waals surface area contributed by atoms with Gasteiger partial charge in [0.15, 0.2) is 11.2 Å². The molecule has 0 bridgehead atoms. The molecular weight excluding hydrogens is 368 g/mol. The van der Waals surface area contributed by atoms with Crippen LogP contribution in [-0.2, 0) is 13.6 Å². The Kier molecular flexibility index (Phi) is 4.53. The Morgan fingerprint density at radius 3 is 2.63 bits per heavy atom. The summed E-state index contributed by atoms with van der Waals surface area (Å²) in [5.41, 5.74) is 0.769. The number of benzene rings is 1. The number of nitrogens with zero attached hydrogens (tertiary/aromatic N) is 4. The van der Waals surface area contributed by atoms with Gasteiger partial charge in [-0.25, -0.2) is 4.79 Å². The Hall–Kier alpha value is -2.58. The molecule has 27 heavy (non-hydrogen) atoms. The number of aryl methyl sites for hydroxylation is 1. The molecule has 3 aromatic rings. The van der Waals surface area contributed by atoms with Gasteiger partial charge in [-0.05, 0) is 11.6 Å². The van der Waals surface area contributed by atoms with Crippen LogP contribution < -0.4 is 21.0 Å². The number of imidazole rings is 1. The number of aromatic nitrogens is 4. The minimum Gasteiger partial charge on any atom is -0.334 e. The summed E-state index contributed by atoms with van der Waals surface area (Å²) in [5.74, 6) is 0.698. The minimum atomic E-state index is -0.468. The number of likely N-dealkylation sites (N-methyl/N-ethyl adjacent to an activating group) is 1. The second kappa shape index (κ2) is 6.86. The molecule has 0 atom stereocenters. The van der Waals surface area contributed by atoms with Crippen molar-refractivity contribution in [3.05, 3.63) is 55.7 Å². The average molecular weight is 390 g/mol. The summed E-state index contributed by atoms with van der Waals surface area (Å²) < 4.78 is 3.25. The van der Waals surface area contributed by atoms with E-state index < -0.39 is 11.2 Å². The molecule has 1 fully saturated rings. The molecule has 0 spiro atoms. The van der Waals surface area contributed by atoms with Crippen LogP contribution in [0.5, 0.6) is 0 Å². The first-order valence-electron chi connectivity index (χ1n) is 8.95. The van der Waals surface area contributed by atoms with E-state index in [0.29, 0.717) is 28.7 Å². The number of rotatable bonds is 3. The zero-order valence-corrected chi connectivity index (χ0v) is 16.1. The maximum absolute atomic E-state index is 12.6. The minimum absolute atomic E-state index is 0.386. The highest BCUT2D eigenvalue weighted by Crippen LogP contribution is 2.24. The summed E-state index contributed by atoms with van der Waals surface area (Å²) in [5, 5.41) is 0.634. The topological polar surface area (TPSA) is 80.4 Å². The van der Waals surface area contributed by atoms with Crippen molar-refractivity contribution in [3.8, 4) is 0 Å². The van der Waals surface area contributed by atoms with Gasteiger partial charge in [0.2, 0.25) is 5.95 Å². The molecule has 1 aliphatic rings. The summed E-state index contributed by atoms with van der Waals surface area (Å²) >= 11 is 6.35. The summed E-state index contributed by atoms with van der Waals surface area (Å²) in [6, 6.07) is 7.55. The first-order chi connectivity index (χ1) is 13.0. The van der Waals surface area contributed by atoms with Crippen molar-refractivity contribution < 1.29 is 4.90 Å². The monoisotopic (exact) mass is 389 g/mol. The number of nitrogens with one attached hydrogen (secondary N) is 2. The normalized spacial score (nSPS) is 15.6. The van der Waals surface area contributed by atoms with Crippen molar-refractivity contribution in [2.45, 2.75) is 6.54 Å². The lowest BCUT2D eigenvalue weighted by Gasteiger charge is -2.31. The molecule has 1 aromatic carbocycles. The van der Waals surface area contributed by atoms with Crippen LogP contribution in [0, 0.1) is 0 Å². The Morgan fingerprint density at radius 2 is 1.93 bits per heavy atom. The highest BCUT2D eigenvalue weighted by Gasteiger charge is 2.25. The van der Waals surface area contributed by atoms with E-state index in [1.165, 1.54) is 9.47 Å². The zero-order chi connectivity index (χ0) is 19.1. The summed E-state index contributed by atoms with van der Waals surface area (Å²) in [7, 11) is 3.78. The molecular formula is C18H22ClN6O2+. The molecule has 0 saturated carbocycles. The van der Waals surface area contributed by atoms with Gasteiger partial charge < -0.3 is 9.80 Å². The van der Waals surface area contributed by atoms with E-state index in [1.807, 2.05) is 28.8 Å². The van der Waals surface area contributed by atoms with Gasteiger partial charge in [0.1, 0.15) is 0 Å². The van der Waals surface area contributed by atoms with Crippen molar-refractivity contribution >= 4 is 28.7 Å². The van der Waals surface area contributed by atoms with Gasteiger partial charge in [0.05, 0.1) is 39.8 Å². The fraction of sp³-hybridized carbons (Fsp3) is 0.389. The van der Waals surface area contributed by atoms with E-state index in [0.717, 1.165) is 31.7 Å². The standard InChI is InChI=1S/C18H21ClN6O2/c1-22-7-9-24(10-8-22)17-20-15-14(16(26)21-18(27)23(15)2)25(17)11-12-5-3-4-6-13(12)19/h3-6H,7-11H2,1-2H3,(H,21,26,27)/p+1. The van der Waals surface area contributed by atoms with Crippen molar-refractivity contribution in [1.82, 2.24) is 19.1 Å². The number of anilines is 1. The third-order valence-electron chi connectivity index (χ3n) is 5.17. The van der Waals surface area contributed by atoms with Crippen LogP contribution in [0.4, 0.5) is 5.95 Å². The van der Waals surface area contributed by atoms with Gasteiger partial charge in [0, 0.05) is 12.1 Å². The van der Waals surface area contributed by atoms with Crippen molar-refractivity contribution in [2.24, 2.45) is 7.05 Å². The van der Waals surface area contributed by atoms with Crippen LogP contribution in [0.1, 0.15) is 5.56 Å². The van der Waals surface area contributed by atoms with E-state index >= 15 is 0 Å². The molecule has 9 heteroatoms. The van der Waals surface area contributed by atoms with E-state index in [-0.39, 0.29) is 0 Å². The Morgan fingerprint density at radius 1 is 1.22 bits per heavy atom. The third kappa shape index (κ3) is 3.15. The molecule has 1 aliphatic heterocycles. The van der Waals surface area contributed by atoms with Gasteiger partial charge in [-0.15, -0.1) is 0 Å². The molecule has 1 saturated heterocycles. The van der Waals surface area contributed by atoms with Crippen LogP contribution in [-0.4, -0.2) is 52.3 Å². The summed E-state index contributed by atoms with van der Waals surface area (Å²) in [6.07, 6.45) is 0. The summed E-state index contributed by atoms with van der Waals surface area (Å²) in [6.45, 7) is 4.06. The fourth-order valence-corrected chi connectivity index (χ4v) is 3.70. The molecule has 0 amide bonds. The highest BCUT2D eigenvalue weighted by atomic mass is 35.5. The maximum Gasteiger partial charge on any atom is 0.329 e. The lowest BCUT2D eigenvalue weighted by molar-refractivity contribution is -0.880. The lowest BCUT2D eigenvalue weighted by Crippen LogP contribution is -3.12. The van der Waals surface area contributed by atoms with Crippen molar-refractivity contribution in [1.29, 1.82) is 0 Å². The number of H-pyrrole nitrogens is 1. The number of piperazine rings is 1. The average Bonchev–Trinajstić information content (AvgIpc) is 3.02. The van der Waals surface area contributed by atoms with Crippen LogP contribution in [0.15, 0.2) is 33.9 Å². The quantitative estimate of drug-likeness (QED) is 0.630. The molecule has 2 N–H and O–H groups in total. The predicted molar refractivity (Wildman–Crippen MR) is 105 cm³/mol. The molecule has 142 valence electrons. The van der Waals surface area contributed by atoms with Crippen molar-refractivity contribution in [3.63, 3.8) is 0 Å². The predicted octanol–water partition coefficient (Wildman–Crippen LogP) is -0.540. The first-order valence-corrected chi connectivity index (χ1v) is 9.32. The van der Waals surface area contributed by atoms with E-state index in [1.54, 1.807) is 7.05 Å². The Bertz CT molecular complexity index is 1110. The Balaban J connectivity index is 1.92. The summed E-state index contributed by atoms with van der Waals surface area (Å²) in [4.78, 5) is 35.3. The zero-order valence-electron chi connectivity index (χ0n) is 15.3. The SMILES string of the molecule is Cn1c(=O)[nH]c(=O)c2c1nc(N1CC[NH+](C)CC1)n2Cc1ccccc1Cl. The smallest absolute Gasteiger partial charge is 0.329 e. The number of halogens is 1. The van der Waals surface area contributed by atoms with Crippen LogP contribution in [0.2, 0.25) is 5.02 Å².